The first-order chi connectivity index (χ1) is 5.65. The maximum atomic E-state index is 8.82. The molecule has 0 bridgehead atoms. The largest absolute Gasteiger partial charge is 0.496 e. The monoisotopic (exact) mass is 230 g/mol. The van der Waals surface area contributed by atoms with Gasteiger partial charge in [0.05, 0.1) is 11.6 Å². The molecule has 1 rings (SSSR count). The average Bonchev–Trinajstić information content (AvgIpc) is 2.05. The third-order valence-corrected chi connectivity index (χ3v) is 2.13. The Morgan fingerprint density at radius 2 is 2.08 bits per heavy atom. The summed E-state index contributed by atoms with van der Waals surface area (Å²) in [5.74, 6) is 0.584. The van der Waals surface area contributed by atoms with Gasteiger partial charge in [0, 0.05) is 0 Å². The van der Waals surface area contributed by atoms with Crippen molar-refractivity contribution in [2.24, 2.45) is 0 Å². The summed E-state index contributed by atoms with van der Waals surface area (Å²) in [6, 6.07) is 4.87. The van der Waals surface area contributed by atoms with Crippen molar-refractivity contribution in [1.29, 1.82) is 0 Å². The zero-order valence-corrected chi connectivity index (χ0v) is 8.08. The zero-order valence-electron chi connectivity index (χ0n) is 6.49. The maximum absolute atomic E-state index is 8.82. The molecule has 0 aliphatic heterocycles. The molecule has 0 fully saturated rings. The first-order valence-electron chi connectivity index (χ1n) is 3.34. The molecular formula is C7H8BBrO3. The van der Waals surface area contributed by atoms with Crippen LogP contribution in [0.5, 0.6) is 5.75 Å². The summed E-state index contributed by atoms with van der Waals surface area (Å²) in [7, 11) is 0.0696. The first kappa shape index (κ1) is 9.57. The number of ether oxygens (including phenoxy) is 1. The molecule has 0 atom stereocenters. The van der Waals surface area contributed by atoms with E-state index in [0.717, 1.165) is 4.47 Å². The number of halogens is 1. The lowest BCUT2D eigenvalue weighted by Crippen LogP contribution is -2.29. The van der Waals surface area contributed by atoms with Crippen molar-refractivity contribution >= 4 is 28.5 Å². The molecule has 0 amide bonds. The van der Waals surface area contributed by atoms with Gasteiger partial charge in [-0.2, -0.15) is 0 Å². The minimum atomic E-state index is -1.45. The Hall–Kier alpha value is -0.515. The van der Waals surface area contributed by atoms with E-state index in [0.29, 0.717) is 11.2 Å². The van der Waals surface area contributed by atoms with Crippen molar-refractivity contribution in [2.75, 3.05) is 7.11 Å². The molecule has 1 aromatic rings. The highest BCUT2D eigenvalue weighted by atomic mass is 79.9. The van der Waals surface area contributed by atoms with Crippen LogP contribution in [0.4, 0.5) is 0 Å². The van der Waals surface area contributed by atoms with Gasteiger partial charge in [0.1, 0.15) is 5.75 Å². The molecule has 0 aliphatic rings. The zero-order chi connectivity index (χ0) is 9.14. The SMILES string of the molecule is COc1cc(B(O)O)ccc1Br. The molecule has 0 spiro atoms. The van der Waals surface area contributed by atoms with Crippen molar-refractivity contribution in [1.82, 2.24) is 0 Å². The van der Waals surface area contributed by atoms with Gasteiger partial charge in [-0.1, -0.05) is 6.07 Å². The predicted molar refractivity (Wildman–Crippen MR) is 50.5 cm³/mol. The van der Waals surface area contributed by atoms with Crippen molar-refractivity contribution in [2.45, 2.75) is 0 Å². The van der Waals surface area contributed by atoms with Crippen LogP contribution in [0.2, 0.25) is 0 Å². The minimum Gasteiger partial charge on any atom is -0.496 e. The Balaban J connectivity index is 3.05. The summed E-state index contributed by atoms with van der Waals surface area (Å²) in [5.41, 5.74) is 0.412. The fourth-order valence-electron chi connectivity index (χ4n) is 0.837. The smallest absolute Gasteiger partial charge is 0.488 e. The normalized spacial score (nSPS) is 9.67. The van der Waals surface area contributed by atoms with Crippen molar-refractivity contribution < 1.29 is 14.8 Å². The molecule has 0 aromatic heterocycles. The van der Waals surface area contributed by atoms with E-state index in [1.807, 2.05) is 0 Å². The van der Waals surface area contributed by atoms with Crippen molar-refractivity contribution in [3.8, 4) is 5.75 Å². The highest BCUT2D eigenvalue weighted by Crippen LogP contribution is 2.22. The lowest BCUT2D eigenvalue weighted by molar-refractivity contribution is 0.410. The van der Waals surface area contributed by atoms with E-state index in [-0.39, 0.29) is 0 Å². The van der Waals surface area contributed by atoms with Gasteiger partial charge in [0.25, 0.3) is 0 Å². The molecule has 3 nitrogen and oxygen atoms in total. The summed E-state index contributed by atoms with van der Waals surface area (Å²) in [5, 5.41) is 17.6. The highest BCUT2D eigenvalue weighted by molar-refractivity contribution is 9.10. The van der Waals surface area contributed by atoms with E-state index in [1.165, 1.54) is 7.11 Å². The summed E-state index contributed by atoms with van der Waals surface area (Å²) >= 11 is 3.25. The quantitative estimate of drug-likeness (QED) is 0.711. The number of benzene rings is 1. The molecule has 2 N–H and O–H groups in total. The summed E-state index contributed by atoms with van der Waals surface area (Å²) in [6.07, 6.45) is 0. The third-order valence-electron chi connectivity index (χ3n) is 1.47. The van der Waals surface area contributed by atoms with Gasteiger partial charge in [-0.3, -0.25) is 0 Å². The van der Waals surface area contributed by atoms with Crippen LogP contribution in [0, 0.1) is 0 Å². The molecule has 1 aromatic carbocycles. The van der Waals surface area contributed by atoms with E-state index >= 15 is 0 Å². The summed E-state index contributed by atoms with van der Waals surface area (Å²) in [6.45, 7) is 0. The number of hydrogen-bond acceptors (Lipinski definition) is 3. The summed E-state index contributed by atoms with van der Waals surface area (Å²) in [4.78, 5) is 0. The molecule has 0 aliphatic carbocycles. The van der Waals surface area contributed by atoms with Crippen LogP contribution in [0.3, 0.4) is 0 Å². The minimum absolute atomic E-state index is 0.412. The first-order valence-corrected chi connectivity index (χ1v) is 4.14. The van der Waals surface area contributed by atoms with Gasteiger partial charge in [0.2, 0.25) is 0 Å². The van der Waals surface area contributed by atoms with Crippen molar-refractivity contribution in [3.63, 3.8) is 0 Å². The van der Waals surface area contributed by atoms with Crippen LogP contribution >= 0.6 is 15.9 Å². The standard InChI is InChI=1S/C7H8BBrO3/c1-12-7-4-5(8(10)11)2-3-6(7)9/h2-4,10-11H,1H3. The van der Waals surface area contributed by atoms with Gasteiger partial charge in [-0.15, -0.1) is 0 Å². The second kappa shape index (κ2) is 3.93. The van der Waals surface area contributed by atoms with Crippen LogP contribution in [0.15, 0.2) is 22.7 Å². The Morgan fingerprint density at radius 3 is 2.58 bits per heavy atom. The fourth-order valence-corrected chi connectivity index (χ4v) is 1.25. The Labute approximate surface area is 79.3 Å². The fraction of sp³-hybridized carbons (Fsp3) is 0.143. The van der Waals surface area contributed by atoms with Crippen LogP contribution < -0.4 is 10.2 Å². The second-order valence-corrected chi connectivity index (χ2v) is 3.12. The highest BCUT2D eigenvalue weighted by Gasteiger charge is 2.12. The number of methoxy groups -OCH3 is 1. The van der Waals surface area contributed by atoms with Gasteiger partial charge < -0.3 is 14.8 Å². The Bertz CT molecular complexity index is 277. The number of hydrogen-bond donors (Lipinski definition) is 2. The van der Waals surface area contributed by atoms with Crippen LogP contribution in [0.1, 0.15) is 0 Å². The lowest BCUT2D eigenvalue weighted by atomic mass is 9.80. The van der Waals surface area contributed by atoms with E-state index in [9.17, 15) is 0 Å². The molecule has 5 heteroatoms. The van der Waals surface area contributed by atoms with Gasteiger partial charge in [-0.05, 0) is 33.5 Å². The van der Waals surface area contributed by atoms with E-state index < -0.39 is 7.12 Å². The topological polar surface area (TPSA) is 49.7 Å². The Kier molecular flexibility index (Phi) is 3.14. The molecule has 0 saturated heterocycles. The molecule has 0 heterocycles. The van der Waals surface area contributed by atoms with Gasteiger partial charge in [0.15, 0.2) is 0 Å². The molecule has 0 saturated carbocycles. The number of rotatable bonds is 2. The van der Waals surface area contributed by atoms with Gasteiger partial charge >= 0.3 is 7.12 Å². The molecule has 0 unspecified atom stereocenters. The third kappa shape index (κ3) is 2.00. The predicted octanol–water partition coefficient (Wildman–Crippen LogP) is 0.137. The van der Waals surface area contributed by atoms with Crippen LogP contribution in [-0.4, -0.2) is 24.3 Å². The molecular weight excluding hydrogens is 223 g/mol. The van der Waals surface area contributed by atoms with E-state index in [1.54, 1.807) is 18.2 Å². The van der Waals surface area contributed by atoms with Crippen LogP contribution in [-0.2, 0) is 0 Å². The second-order valence-electron chi connectivity index (χ2n) is 2.27. The van der Waals surface area contributed by atoms with Crippen molar-refractivity contribution in [3.05, 3.63) is 22.7 Å². The maximum Gasteiger partial charge on any atom is 0.488 e. The molecule has 0 radical (unpaired) electrons. The lowest BCUT2D eigenvalue weighted by Gasteiger charge is -2.05. The molecule has 64 valence electrons. The van der Waals surface area contributed by atoms with Gasteiger partial charge in [-0.25, -0.2) is 0 Å². The van der Waals surface area contributed by atoms with E-state index in [2.05, 4.69) is 15.9 Å². The Morgan fingerprint density at radius 1 is 1.42 bits per heavy atom. The van der Waals surface area contributed by atoms with E-state index in [4.69, 9.17) is 14.8 Å². The summed E-state index contributed by atoms with van der Waals surface area (Å²) < 4.78 is 5.75. The average molecular weight is 231 g/mol. The molecule has 12 heavy (non-hydrogen) atoms. The van der Waals surface area contributed by atoms with Crippen LogP contribution in [0.25, 0.3) is 0 Å².